The number of carboxylic acid groups (broad SMARTS) is 1. The van der Waals surface area contributed by atoms with Gasteiger partial charge in [-0.1, -0.05) is 23.7 Å². The van der Waals surface area contributed by atoms with Gasteiger partial charge in [0.2, 0.25) is 0 Å². The van der Waals surface area contributed by atoms with E-state index in [-0.39, 0.29) is 6.42 Å². The van der Waals surface area contributed by atoms with Gasteiger partial charge >= 0.3 is 18.1 Å². The smallest absolute Gasteiger partial charge is 0.471 e. The Morgan fingerprint density at radius 1 is 1.25 bits per heavy atom. The maximum atomic E-state index is 12.2. The SMILES string of the molecule is CC(Cc1ccc(Cl)cc1)(NC(=O)C(F)(F)F)C(=O)O. The highest BCUT2D eigenvalue weighted by Gasteiger charge is 2.45. The molecular formula is C12H11ClF3NO3. The molecule has 2 N–H and O–H groups in total. The molecule has 1 amide bonds. The van der Waals surface area contributed by atoms with Gasteiger partial charge in [-0.2, -0.15) is 13.2 Å². The number of carboxylic acids is 1. The summed E-state index contributed by atoms with van der Waals surface area (Å²) in [5.41, 5.74) is -1.64. The fourth-order valence-corrected chi connectivity index (χ4v) is 1.63. The number of benzene rings is 1. The van der Waals surface area contributed by atoms with Crippen molar-refractivity contribution < 1.29 is 27.9 Å². The van der Waals surface area contributed by atoms with E-state index in [9.17, 15) is 22.8 Å². The van der Waals surface area contributed by atoms with Gasteiger partial charge in [0.05, 0.1) is 0 Å². The molecule has 1 atom stereocenters. The Kier molecular flexibility index (Phi) is 4.65. The minimum absolute atomic E-state index is 0.304. The van der Waals surface area contributed by atoms with Crippen LogP contribution < -0.4 is 5.32 Å². The lowest BCUT2D eigenvalue weighted by molar-refractivity contribution is -0.177. The zero-order chi connectivity index (χ0) is 15.6. The van der Waals surface area contributed by atoms with E-state index in [1.165, 1.54) is 29.6 Å². The van der Waals surface area contributed by atoms with E-state index < -0.39 is 23.6 Å². The Hall–Kier alpha value is -1.76. The van der Waals surface area contributed by atoms with Crippen LogP contribution in [-0.4, -0.2) is 28.7 Å². The van der Waals surface area contributed by atoms with E-state index in [0.29, 0.717) is 10.6 Å². The fraction of sp³-hybridized carbons (Fsp3) is 0.333. The predicted molar refractivity (Wildman–Crippen MR) is 65.4 cm³/mol. The van der Waals surface area contributed by atoms with Crippen LogP contribution in [0.25, 0.3) is 0 Å². The van der Waals surface area contributed by atoms with Gasteiger partial charge in [-0.25, -0.2) is 4.79 Å². The molecule has 110 valence electrons. The van der Waals surface area contributed by atoms with Crippen LogP contribution in [0.4, 0.5) is 13.2 Å². The third-order valence-corrected chi connectivity index (χ3v) is 2.84. The van der Waals surface area contributed by atoms with Crippen molar-refractivity contribution in [3.8, 4) is 0 Å². The van der Waals surface area contributed by atoms with Gasteiger partial charge in [0.15, 0.2) is 0 Å². The summed E-state index contributed by atoms with van der Waals surface area (Å²) < 4.78 is 36.6. The van der Waals surface area contributed by atoms with Crippen LogP contribution in [0.5, 0.6) is 0 Å². The maximum absolute atomic E-state index is 12.2. The summed E-state index contributed by atoms with van der Waals surface area (Å²) in [7, 11) is 0. The molecule has 20 heavy (non-hydrogen) atoms. The van der Waals surface area contributed by atoms with Crippen LogP contribution in [0.3, 0.4) is 0 Å². The molecule has 0 spiro atoms. The number of hydrogen-bond acceptors (Lipinski definition) is 2. The quantitative estimate of drug-likeness (QED) is 0.897. The number of amides is 1. The number of nitrogens with one attached hydrogen (secondary N) is 1. The number of carbonyl (C=O) groups is 2. The molecule has 1 rings (SSSR count). The summed E-state index contributed by atoms with van der Waals surface area (Å²) >= 11 is 5.65. The van der Waals surface area contributed by atoms with Crippen molar-refractivity contribution >= 4 is 23.5 Å². The van der Waals surface area contributed by atoms with Crippen molar-refractivity contribution in [3.05, 3.63) is 34.9 Å². The largest absolute Gasteiger partial charge is 0.480 e. The number of rotatable bonds is 4. The Bertz CT molecular complexity index is 516. The number of carbonyl (C=O) groups excluding carboxylic acids is 1. The summed E-state index contributed by atoms with van der Waals surface area (Å²) in [5.74, 6) is -3.86. The third kappa shape index (κ3) is 4.12. The molecule has 0 fully saturated rings. The molecule has 1 unspecified atom stereocenters. The summed E-state index contributed by atoms with van der Waals surface area (Å²) in [5, 5.41) is 11.0. The Morgan fingerprint density at radius 2 is 1.75 bits per heavy atom. The third-order valence-electron chi connectivity index (χ3n) is 2.59. The molecule has 1 aromatic carbocycles. The molecule has 0 bridgehead atoms. The van der Waals surface area contributed by atoms with Gasteiger partial charge in [-0.3, -0.25) is 4.79 Å². The molecule has 0 saturated carbocycles. The molecule has 0 aromatic heterocycles. The zero-order valence-corrected chi connectivity index (χ0v) is 11.0. The van der Waals surface area contributed by atoms with E-state index in [2.05, 4.69) is 0 Å². The maximum Gasteiger partial charge on any atom is 0.471 e. The standard InChI is InChI=1S/C12H11ClF3NO3/c1-11(10(19)20,17-9(18)12(14,15)16)6-7-2-4-8(13)5-3-7/h2-5H,6H2,1H3,(H,17,18)(H,19,20). The van der Waals surface area contributed by atoms with Gasteiger partial charge in [-0.15, -0.1) is 0 Å². The van der Waals surface area contributed by atoms with Crippen LogP contribution in [-0.2, 0) is 16.0 Å². The fourth-order valence-electron chi connectivity index (χ4n) is 1.51. The lowest BCUT2D eigenvalue weighted by Gasteiger charge is -2.26. The van der Waals surface area contributed by atoms with E-state index in [0.717, 1.165) is 6.92 Å². The highest BCUT2D eigenvalue weighted by molar-refractivity contribution is 6.30. The van der Waals surface area contributed by atoms with Gasteiger partial charge in [0, 0.05) is 11.4 Å². The van der Waals surface area contributed by atoms with Crippen LogP contribution in [0.15, 0.2) is 24.3 Å². The molecule has 0 saturated heterocycles. The second-order valence-electron chi connectivity index (χ2n) is 4.39. The average molecular weight is 310 g/mol. The first-order valence-electron chi connectivity index (χ1n) is 5.42. The van der Waals surface area contributed by atoms with Crippen molar-refractivity contribution in [1.82, 2.24) is 5.32 Å². The van der Waals surface area contributed by atoms with E-state index in [1.807, 2.05) is 0 Å². The molecule has 0 aliphatic rings. The zero-order valence-electron chi connectivity index (χ0n) is 10.3. The molecule has 0 heterocycles. The molecule has 4 nitrogen and oxygen atoms in total. The van der Waals surface area contributed by atoms with E-state index in [4.69, 9.17) is 16.7 Å². The first-order chi connectivity index (χ1) is 9.04. The molecule has 8 heteroatoms. The monoisotopic (exact) mass is 309 g/mol. The van der Waals surface area contributed by atoms with Gasteiger partial charge in [0.1, 0.15) is 5.54 Å². The highest BCUT2D eigenvalue weighted by atomic mass is 35.5. The van der Waals surface area contributed by atoms with Crippen molar-refractivity contribution in [2.45, 2.75) is 25.1 Å². The second kappa shape index (κ2) is 5.70. The van der Waals surface area contributed by atoms with Crippen molar-refractivity contribution in [2.75, 3.05) is 0 Å². The molecule has 0 radical (unpaired) electrons. The van der Waals surface area contributed by atoms with E-state index >= 15 is 0 Å². The molecule has 0 aliphatic carbocycles. The van der Waals surface area contributed by atoms with Crippen LogP contribution in [0.2, 0.25) is 5.02 Å². The second-order valence-corrected chi connectivity index (χ2v) is 4.83. The van der Waals surface area contributed by atoms with Crippen molar-refractivity contribution in [3.63, 3.8) is 0 Å². The van der Waals surface area contributed by atoms with Crippen molar-refractivity contribution in [2.24, 2.45) is 0 Å². The topological polar surface area (TPSA) is 66.4 Å². The average Bonchev–Trinajstić information content (AvgIpc) is 2.30. The summed E-state index contributed by atoms with van der Waals surface area (Å²) in [4.78, 5) is 22.1. The summed E-state index contributed by atoms with van der Waals surface area (Å²) in [6, 6.07) is 5.90. The number of alkyl halides is 3. The molecular weight excluding hydrogens is 299 g/mol. The molecule has 1 aromatic rings. The van der Waals surface area contributed by atoms with E-state index in [1.54, 1.807) is 0 Å². The summed E-state index contributed by atoms with van der Waals surface area (Å²) in [6.07, 6.45) is -5.45. The lowest BCUT2D eigenvalue weighted by Crippen LogP contribution is -2.57. The highest BCUT2D eigenvalue weighted by Crippen LogP contribution is 2.20. The van der Waals surface area contributed by atoms with Crippen LogP contribution in [0.1, 0.15) is 12.5 Å². The first-order valence-corrected chi connectivity index (χ1v) is 5.79. The van der Waals surface area contributed by atoms with Gasteiger partial charge in [-0.05, 0) is 24.6 Å². The van der Waals surface area contributed by atoms with Gasteiger partial charge in [0.25, 0.3) is 0 Å². The summed E-state index contributed by atoms with van der Waals surface area (Å²) in [6.45, 7) is 1.01. The predicted octanol–water partition coefficient (Wildman–Crippen LogP) is 2.40. The Morgan fingerprint density at radius 3 is 2.15 bits per heavy atom. The molecule has 0 aliphatic heterocycles. The van der Waals surface area contributed by atoms with Crippen LogP contribution in [0, 0.1) is 0 Å². The minimum atomic E-state index is -5.14. The number of halogens is 4. The van der Waals surface area contributed by atoms with Gasteiger partial charge < -0.3 is 10.4 Å². The van der Waals surface area contributed by atoms with Crippen molar-refractivity contribution in [1.29, 1.82) is 0 Å². The van der Waals surface area contributed by atoms with Crippen LogP contribution >= 0.6 is 11.6 Å². The lowest BCUT2D eigenvalue weighted by atomic mass is 9.92. The minimum Gasteiger partial charge on any atom is -0.480 e. The Labute approximate surface area is 117 Å². The number of hydrogen-bond donors (Lipinski definition) is 2. The normalized spacial score (nSPS) is 14.4. The first kappa shape index (κ1) is 16.3. The Balaban J connectivity index is 2.95. The number of aliphatic carboxylic acids is 1.